The Morgan fingerprint density at radius 3 is 2.42 bits per heavy atom. The molecule has 0 saturated carbocycles. The molecule has 0 aromatic heterocycles. The van der Waals surface area contributed by atoms with E-state index in [-0.39, 0.29) is 29.9 Å². The molecular formula is C32H36N2O5Si. The zero-order valence-electron chi connectivity index (χ0n) is 23.2. The quantitative estimate of drug-likeness (QED) is 0.416. The van der Waals surface area contributed by atoms with Crippen LogP contribution in [0.3, 0.4) is 0 Å². The molecule has 3 heterocycles. The zero-order valence-corrected chi connectivity index (χ0v) is 24.2. The maximum absolute atomic E-state index is 14.6. The molecule has 4 atom stereocenters. The number of hydrogen-bond acceptors (Lipinski definition) is 5. The standard InChI is InChI=1S/C32H36N2O5Si/c1-21-30(40(2,3)38)28(17-18-35)39-32(21)25-19-24(34-26-12-8-7-11-23(26)13-16-29(34)36)14-15-27(25)33(31(32)37)20-22-9-5-4-6-10-22/h4-12,14-15,19,21,28,30,35,38H,13,16-18,20H2,1-3H3/t21-,28+,30-,32+/m0/s1. The van der Waals surface area contributed by atoms with Gasteiger partial charge in [0.1, 0.15) is 0 Å². The van der Waals surface area contributed by atoms with Crippen LogP contribution in [-0.4, -0.2) is 42.7 Å². The van der Waals surface area contributed by atoms with E-state index in [2.05, 4.69) is 6.07 Å². The Kier molecular flexibility index (Phi) is 6.69. The minimum atomic E-state index is -2.80. The number of anilines is 3. The second-order valence-corrected chi connectivity index (χ2v) is 15.8. The van der Waals surface area contributed by atoms with Crippen LogP contribution in [0.25, 0.3) is 0 Å². The summed E-state index contributed by atoms with van der Waals surface area (Å²) in [6, 6.07) is 23.6. The van der Waals surface area contributed by atoms with E-state index in [4.69, 9.17) is 4.74 Å². The lowest BCUT2D eigenvalue weighted by Gasteiger charge is -2.33. The van der Waals surface area contributed by atoms with Crippen LogP contribution in [-0.2, 0) is 32.9 Å². The van der Waals surface area contributed by atoms with Crippen molar-refractivity contribution in [2.24, 2.45) is 5.92 Å². The predicted octanol–water partition coefficient (Wildman–Crippen LogP) is 5.02. The van der Waals surface area contributed by atoms with E-state index < -0.39 is 20.0 Å². The molecule has 3 aliphatic rings. The largest absolute Gasteiger partial charge is 0.432 e. The third-order valence-corrected chi connectivity index (χ3v) is 11.4. The number of carbonyl (C=O) groups is 2. The summed E-state index contributed by atoms with van der Waals surface area (Å²) in [6.07, 6.45) is 0.995. The van der Waals surface area contributed by atoms with Gasteiger partial charge in [0, 0.05) is 35.7 Å². The summed E-state index contributed by atoms with van der Waals surface area (Å²) in [4.78, 5) is 42.8. The highest BCUT2D eigenvalue weighted by molar-refractivity contribution is 6.71. The third kappa shape index (κ3) is 4.13. The maximum atomic E-state index is 14.6. The van der Waals surface area contributed by atoms with Crippen molar-refractivity contribution in [3.8, 4) is 0 Å². The second kappa shape index (κ2) is 9.96. The number of aliphatic hydroxyl groups excluding tert-OH is 1. The fraction of sp³-hybridized carbons (Fsp3) is 0.375. The average molecular weight is 557 g/mol. The monoisotopic (exact) mass is 556 g/mol. The van der Waals surface area contributed by atoms with Crippen LogP contribution < -0.4 is 9.80 Å². The number of fused-ring (bicyclic) bond motifs is 3. The van der Waals surface area contributed by atoms with E-state index in [1.165, 1.54) is 0 Å². The van der Waals surface area contributed by atoms with E-state index in [1.807, 2.05) is 86.7 Å². The number of para-hydroxylation sites is 1. The van der Waals surface area contributed by atoms with Gasteiger partial charge >= 0.3 is 0 Å². The lowest BCUT2D eigenvalue weighted by Crippen LogP contribution is -2.46. The molecule has 0 unspecified atom stereocenters. The molecule has 7 nitrogen and oxygen atoms in total. The summed E-state index contributed by atoms with van der Waals surface area (Å²) < 4.78 is 6.77. The van der Waals surface area contributed by atoms with Crippen molar-refractivity contribution in [3.05, 3.63) is 89.5 Å². The van der Waals surface area contributed by atoms with Crippen molar-refractivity contribution in [2.75, 3.05) is 16.4 Å². The molecule has 1 fully saturated rings. The molecule has 3 aromatic carbocycles. The number of amides is 2. The summed E-state index contributed by atoms with van der Waals surface area (Å²) in [5, 5.41) is 9.89. The van der Waals surface area contributed by atoms with Crippen molar-refractivity contribution < 1.29 is 24.2 Å². The van der Waals surface area contributed by atoms with Crippen LogP contribution >= 0.6 is 0 Å². The Labute approximate surface area is 236 Å². The molecule has 0 radical (unpaired) electrons. The van der Waals surface area contributed by atoms with Crippen LogP contribution in [0.2, 0.25) is 18.6 Å². The number of carbonyl (C=O) groups excluding carboxylic acids is 2. The van der Waals surface area contributed by atoms with Gasteiger partial charge in [-0.1, -0.05) is 55.5 Å². The molecule has 6 rings (SSSR count). The number of benzene rings is 3. The van der Waals surface area contributed by atoms with Gasteiger partial charge < -0.3 is 19.5 Å². The molecule has 2 amide bonds. The molecule has 2 N–H and O–H groups in total. The fourth-order valence-corrected chi connectivity index (χ4v) is 9.84. The first kappa shape index (κ1) is 26.9. The number of hydrogen-bond donors (Lipinski definition) is 2. The van der Waals surface area contributed by atoms with Crippen LogP contribution in [0.4, 0.5) is 17.1 Å². The van der Waals surface area contributed by atoms with Gasteiger partial charge in [-0.2, -0.15) is 0 Å². The molecule has 1 saturated heterocycles. The molecular weight excluding hydrogens is 520 g/mol. The predicted molar refractivity (Wildman–Crippen MR) is 157 cm³/mol. The van der Waals surface area contributed by atoms with Crippen LogP contribution in [0.1, 0.15) is 36.5 Å². The average Bonchev–Trinajstić information content (AvgIpc) is 3.36. The Bertz CT molecular complexity index is 1460. The summed E-state index contributed by atoms with van der Waals surface area (Å²) in [7, 11) is -2.80. The maximum Gasteiger partial charge on any atom is 0.264 e. The van der Waals surface area contributed by atoms with Crippen molar-refractivity contribution >= 4 is 37.2 Å². The van der Waals surface area contributed by atoms with Gasteiger partial charge in [-0.3, -0.25) is 14.5 Å². The topological polar surface area (TPSA) is 90.3 Å². The summed E-state index contributed by atoms with van der Waals surface area (Å²) >= 11 is 0. The Morgan fingerprint density at radius 1 is 0.975 bits per heavy atom. The molecule has 0 aliphatic carbocycles. The van der Waals surface area contributed by atoms with E-state index in [0.29, 0.717) is 31.5 Å². The summed E-state index contributed by atoms with van der Waals surface area (Å²) in [5.41, 5.74) is 3.56. The number of nitrogens with zero attached hydrogens (tertiary/aromatic N) is 2. The highest BCUT2D eigenvalue weighted by Gasteiger charge is 2.66. The first-order chi connectivity index (χ1) is 19.2. The van der Waals surface area contributed by atoms with E-state index in [0.717, 1.165) is 28.1 Å². The van der Waals surface area contributed by atoms with Crippen molar-refractivity contribution in [1.29, 1.82) is 0 Å². The molecule has 3 aromatic rings. The lowest BCUT2D eigenvalue weighted by atomic mass is 9.82. The summed E-state index contributed by atoms with van der Waals surface area (Å²) in [5.74, 6) is -0.481. The molecule has 3 aliphatic heterocycles. The van der Waals surface area contributed by atoms with Crippen LogP contribution in [0, 0.1) is 5.92 Å². The highest BCUT2D eigenvalue weighted by Crippen LogP contribution is 2.60. The number of rotatable bonds is 6. The fourth-order valence-electron chi connectivity index (χ4n) is 7.24. The molecule has 208 valence electrons. The highest BCUT2D eigenvalue weighted by atomic mass is 28.4. The van der Waals surface area contributed by atoms with E-state index in [9.17, 15) is 19.5 Å². The van der Waals surface area contributed by atoms with Crippen molar-refractivity contribution in [2.45, 2.75) is 63.1 Å². The molecule has 1 spiro atoms. The van der Waals surface area contributed by atoms with Crippen molar-refractivity contribution in [1.82, 2.24) is 0 Å². The Hall–Kier alpha value is -3.30. The SMILES string of the molecule is C[C@H]1[C@H]([Si](C)(C)O)[C@@H](CCO)O[C@]12C(=O)N(Cc1ccccc1)c1ccc(N3C(=O)CCc4ccccc43)cc12. The molecule has 8 heteroatoms. The summed E-state index contributed by atoms with van der Waals surface area (Å²) in [6.45, 7) is 6.03. The first-order valence-corrected chi connectivity index (χ1v) is 17.1. The first-order valence-electron chi connectivity index (χ1n) is 14.1. The van der Waals surface area contributed by atoms with Gasteiger partial charge in [0.05, 0.1) is 24.0 Å². The molecule has 0 bridgehead atoms. The van der Waals surface area contributed by atoms with Gasteiger partial charge in [-0.25, -0.2) is 0 Å². The molecule has 40 heavy (non-hydrogen) atoms. The smallest absolute Gasteiger partial charge is 0.264 e. The van der Waals surface area contributed by atoms with Gasteiger partial charge in [0.25, 0.3) is 5.91 Å². The minimum Gasteiger partial charge on any atom is -0.432 e. The second-order valence-electron chi connectivity index (χ2n) is 11.8. The van der Waals surface area contributed by atoms with Gasteiger partial charge in [-0.15, -0.1) is 0 Å². The zero-order chi connectivity index (χ0) is 28.2. The minimum absolute atomic E-state index is 0.0125. The normalized spacial score (nSPS) is 26.0. The number of aryl methyl sites for hydroxylation is 1. The van der Waals surface area contributed by atoms with Crippen LogP contribution in [0.15, 0.2) is 72.8 Å². The third-order valence-electron chi connectivity index (χ3n) is 8.91. The Balaban J connectivity index is 1.52. The number of aliphatic hydroxyl groups is 1. The number of ether oxygens (including phenoxy) is 1. The van der Waals surface area contributed by atoms with E-state index >= 15 is 0 Å². The van der Waals surface area contributed by atoms with Gasteiger partial charge in [0.15, 0.2) is 13.9 Å². The van der Waals surface area contributed by atoms with Gasteiger partial charge in [0.2, 0.25) is 5.91 Å². The van der Waals surface area contributed by atoms with Gasteiger partial charge in [-0.05, 0) is 61.3 Å². The van der Waals surface area contributed by atoms with Crippen LogP contribution in [0.5, 0.6) is 0 Å². The Morgan fingerprint density at radius 2 is 1.70 bits per heavy atom. The lowest BCUT2D eigenvalue weighted by molar-refractivity contribution is -0.146. The van der Waals surface area contributed by atoms with E-state index in [1.54, 1.807) is 9.80 Å². The van der Waals surface area contributed by atoms with Crippen molar-refractivity contribution in [3.63, 3.8) is 0 Å².